The predicted octanol–water partition coefficient (Wildman–Crippen LogP) is 3.59. The number of hydrogen-bond donors (Lipinski definition) is 0. The molecule has 6 nitrogen and oxygen atoms in total. The lowest BCUT2D eigenvalue weighted by atomic mass is 9.49. The van der Waals surface area contributed by atoms with Crippen LogP contribution in [0.1, 0.15) is 55.3 Å². The molecule has 31 heavy (non-hydrogen) atoms. The highest BCUT2D eigenvalue weighted by molar-refractivity contribution is 5.95. The van der Waals surface area contributed by atoms with Crippen LogP contribution in [0.2, 0.25) is 0 Å². The number of nitrogens with zero attached hydrogens (tertiary/aromatic N) is 2. The summed E-state index contributed by atoms with van der Waals surface area (Å²) in [5.74, 6) is 3.85. The van der Waals surface area contributed by atoms with Gasteiger partial charge in [-0.2, -0.15) is 0 Å². The summed E-state index contributed by atoms with van der Waals surface area (Å²) in [7, 11) is 3.16. The van der Waals surface area contributed by atoms with E-state index in [-0.39, 0.29) is 11.3 Å². The van der Waals surface area contributed by atoms with Crippen LogP contribution < -0.4 is 9.47 Å². The fourth-order valence-electron chi connectivity index (χ4n) is 7.18. The van der Waals surface area contributed by atoms with Gasteiger partial charge in [0.05, 0.1) is 19.6 Å². The van der Waals surface area contributed by atoms with E-state index in [1.807, 2.05) is 4.90 Å². The molecule has 0 radical (unpaired) electrons. The van der Waals surface area contributed by atoms with Crippen molar-refractivity contribution in [1.29, 1.82) is 0 Å². The number of methoxy groups -OCH3 is 2. The zero-order valence-electron chi connectivity index (χ0n) is 18.8. The van der Waals surface area contributed by atoms with E-state index in [0.717, 1.165) is 50.0 Å². The Labute approximate surface area is 184 Å². The lowest BCUT2D eigenvalue weighted by molar-refractivity contribution is -0.157. The maximum absolute atomic E-state index is 13.7. The summed E-state index contributed by atoms with van der Waals surface area (Å²) in [6.07, 6.45) is 8.17. The smallest absolute Gasteiger partial charge is 0.254 e. The van der Waals surface area contributed by atoms with Gasteiger partial charge in [-0.15, -0.1) is 0 Å². The molecule has 1 saturated heterocycles. The Morgan fingerprint density at radius 1 is 0.839 bits per heavy atom. The molecule has 1 heterocycles. The number of hydrogen-bond acceptors (Lipinski definition) is 4. The van der Waals surface area contributed by atoms with Crippen LogP contribution in [0.25, 0.3) is 0 Å². The van der Waals surface area contributed by atoms with Gasteiger partial charge in [0.25, 0.3) is 5.91 Å². The fourth-order valence-corrected chi connectivity index (χ4v) is 7.18. The van der Waals surface area contributed by atoms with Gasteiger partial charge in [-0.3, -0.25) is 9.59 Å². The average Bonchev–Trinajstić information content (AvgIpc) is 3.03. The highest BCUT2D eigenvalue weighted by Crippen LogP contribution is 2.60. The number of carbonyl (C=O) groups is 2. The number of ether oxygens (including phenoxy) is 2. The van der Waals surface area contributed by atoms with Crippen LogP contribution in [-0.4, -0.2) is 62.0 Å². The van der Waals surface area contributed by atoms with Crippen LogP contribution in [0.15, 0.2) is 18.2 Å². The van der Waals surface area contributed by atoms with Crippen molar-refractivity contribution in [3.8, 4) is 11.5 Å². The molecule has 4 aliphatic carbocycles. The van der Waals surface area contributed by atoms with Gasteiger partial charge in [0.1, 0.15) is 0 Å². The normalized spacial score (nSPS) is 32.0. The molecular formula is C25H34N2O4. The second kappa shape index (κ2) is 8.03. The largest absolute Gasteiger partial charge is 0.493 e. The minimum Gasteiger partial charge on any atom is -0.493 e. The highest BCUT2D eigenvalue weighted by atomic mass is 16.5. The molecule has 4 saturated carbocycles. The highest BCUT2D eigenvalue weighted by Gasteiger charge is 2.55. The molecule has 5 fully saturated rings. The molecule has 5 aliphatic rings. The van der Waals surface area contributed by atoms with Crippen LogP contribution in [0.5, 0.6) is 11.5 Å². The van der Waals surface area contributed by atoms with Crippen LogP contribution in [0, 0.1) is 23.2 Å². The lowest BCUT2D eigenvalue weighted by Gasteiger charge is -2.56. The third-order valence-corrected chi connectivity index (χ3v) is 8.19. The Morgan fingerprint density at radius 2 is 1.42 bits per heavy atom. The number of amides is 2. The molecule has 2 amide bonds. The SMILES string of the molecule is COc1ccc(C(=O)N2CCCN(C(=O)C34CC5CC(CC(C5)C3)C4)CC2)cc1OC. The topological polar surface area (TPSA) is 59.1 Å². The number of benzene rings is 1. The molecule has 0 unspecified atom stereocenters. The third kappa shape index (κ3) is 3.68. The van der Waals surface area contributed by atoms with Crippen molar-refractivity contribution in [2.45, 2.75) is 44.9 Å². The summed E-state index contributed by atoms with van der Waals surface area (Å²) >= 11 is 0. The zero-order valence-corrected chi connectivity index (χ0v) is 18.8. The van der Waals surface area contributed by atoms with Gasteiger partial charge in [0, 0.05) is 31.7 Å². The van der Waals surface area contributed by atoms with Gasteiger partial charge in [-0.05, 0) is 80.9 Å². The molecule has 6 heteroatoms. The Hall–Kier alpha value is -2.24. The van der Waals surface area contributed by atoms with E-state index in [1.165, 1.54) is 19.3 Å². The second-order valence-corrected chi connectivity index (χ2v) is 10.2. The summed E-state index contributed by atoms with van der Waals surface area (Å²) in [5.41, 5.74) is 0.496. The molecule has 4 bridgehead atoms. The van der Waals surface area contributed by atoms with E-state index in [1.54, 1.807) is 32.4 Å². The standard InChI is InChI=1S/C25H34N2O4/c1-30-21-5-4-20(13-22(21)31-2)23(28)26-6-3-7-27(9-8-26)24(29)25-14-17-10-18(15-25)12-19(11-17)16-25/h4-5,13,17-19H,3,6-12,14-16H2,1-2H3. The first-order chi connectivity index (χ1) is 15.0. The second-order valence-electron chi connectivity index (χ2n) is 10.2. The number of carbonyl (C=O) groups excluding carboxylic acids is 2. The summed E-state index contributed by atoms with van der Waals surface area (Å²) < 4.78 is 10.6. The van der Waals surface area contributed by atoms with E-state index in [2.05, 4.69) is 4.90 Å². The summed E-state index contributed by atoms with van der Waals surface area (Å²) in [4.78, 5) is 30.8. The minimum absolute atomic E-state index is 0.00921. The first kappa shape index (κ1) is 20.7. The van der Waals surface area contributed by atoms with Crippen molar-refractivity contribution in [2.75, 3.05) is 40.4 Å². The van der Waals surface area contributed by atoms with Crippen molar-refractivity contribution >= 4 is 11.8 Å². The molecule has 6 rings (SSSR count). The maximum atomic E-state index is 13.7. The van der Waals surface area contributed by atoms with Crippen molar-refractivity contribution < 1.29 is 19.1 Å². The van der Waals surface area contributed by atoms with Crippen LogP contribution in [0.4, 0.5) is 0 Å². The molecule has 0 aromatic heterocycles. The predicted molar refractivity (Wildman–Crippen MR) is 117 cm³/mol. The van der Waals surface area contributed by atoms with E-state index in [4.69, 9.17) is 9.47 Å². The van der Waals surface area contributed by atoms with Crippen LogP contribution in [-0.2, 0) is 4.79 Å². The third-order valence-electron chi connectivity index (χ3n) is 8.19. The first-order valence-corrected chi connectivity index (χ1v) is 11.8. The van der Waals surface area contributed by atoms with E-state index < -0.39 is 0 Å². The Morgan fingerprint density at radius 3 is 2.03 bits per heavy atom. The molecule has 1 aromatic rings. The maximum Gasteiger partial charge on any atom is 0.254 e. The van der Waals surface area contributed by atoms with Crippen molar-refractivity contribution in [3.05, 3.63) is 23.8 Å². The van der Waals surface area contributed by atoms with Gasteiger partial charge in [-0.25, -0.2) is 0 Å². The molecule has 1 aromatic carbocycles. The lowest BCUT2D eigenvalue weighted by Crippen LogP contribution is -2.55. The summed E-state index contributed by atoms with van der Waals surface area (Å²) in [6.45, 7) is 2.67. The molecule has 0 spiro atoms. The number of rotatable bonds is 4. The molecule has 0 N–H and O–H groups in total. The minimum atomic E-state index is -0.0999. The Balaban J connectivity index is 1.26. The van der Waals surface area contributed by atoms with E-state index in [0.29, 0.717) is 42.6 Å². The van der Waals surface area contributed by atoms with Gasteiger partial charge in [0.2, 0.25) is 5.91 Å². The quantitative estimate of drug-likeness (QED) is 0.738. The van der Waals surface area contributed by atoms with Crippen molar-refractivity contribution in [2.24, 2.45) is 23.2 Å². The van der Waals surface area contributed by atoms with Crippen molar-refractivity contribution in [3.63, 3.8) is 0 Å². The molecule has 168 valence electrons. The monoisotopic (exact) mass is 426 g/mol. The summed E-state index contributed by atoms with van der Waals surface area (Å²) in [5, 5.41) is 0. The van der Waals surface area contributed by atoms with Crippen molar-refractivity contribution in [1.82, 2.24) is 9.80 Å². The van der Waals surface area contributed by atoms with Crippen LogP contribution in [0.3, 0.4) is 0 Å². The van der Waals surface area contributed by atoms with Gasteiger partial charge >= 0.3 is 0 Å². The fraction of sp³-hybridized carbons (Fsp3) is 0.680. The average molecular weight is 427 g/mol. The zero-order chi connectivity index (χ0) is 21.6. The van der Waals surface area contributed by atoms with Gasteiger partial charge < -0.3 is 19.3 Å². The molecule has 0 atom stereocenters. The molecule has 1 aliphatic heterocycles. The van der Waals surface area contributed by atoms with E-state index >= 15 is 0 Å². The molecular weight excluding hydrogens is 392 g/mol. The van der Waals surface area contributed by atoms with Crippen LogP contribution >= 0.6 is 0 Å². The Kier molecular flexibility index (Phi) is 5.35. The Bertz CT molecular complexity index is 832. The first-order valence-electron chi connectivity index (χ1n) is 11.8. The van der Waals surface area contributed by atoms with Gasteiger partial charge in [-0.1, -0.05) is 0 Å². The summed E-state index contributed by atoms with van der Waals surface area (Å²) in [6, 6.07) is 5.30. The van der Waals surface area contributed by atoms with Gasteiger partial charge in [0.15, 0.2) is 11.5 Å². The van der Waals surface area contributed by atoms with E-state index in [9.17, 15) is 9.59 Å².